The van der Waals surface area contributed by atoms with Crippen molar-refractivity contribution >= 4 is 5.91 Å². The van der Waals surface area contributed by atoms with E-state index >= 15 is 0 Å². The number of allylic oxidation sites excluding steroid dienone is 2. The zero-order valence-corrected chi connectivity index (χ0v) is 20.4. The van der Waals surface area contributed by atoms with E-state index < -0.39 is 0 Å². The summed E-state index contributed by atoms with van der Waals surface area (Å²) in [6, 6.07) is 22.3. The van der Waals surface area contributed by atoms with E-state index in [1.165, 1.54) is 49.7 Å². The summed E-state index contributed by atoms with van der Waals surface area (Å²) in [5.41, 5.74) is 10.5. The van der Waals surface area contributed by atoms with Gasteiger partial charge in [0.15, 0.2) is 0 Å². The summed E-state index contributed by atoms with van der Waals surface area (Å²) in [5.74, 6) is 1.52. The molecule has 0 saturated heterocycles. The molecule has 5 unspecified atom stereocenters. The molecular weight excluding hydrogens is 416 g/mol. The normalized spacial score (nSPS) is 37.9. The van der Waals surface area contributed by atoms with Gasteiger partial charge in [0.25, 0.3) is 0 Å². The second kappa shape index (κ2) is 8.09. The molecule has 178 valence electrons. The monoisotopic (exact) mass is 454 g/mol. The van der Waals surface area contributed by atoms with Crippen LogP contribution in [0.2, 0.25) is 0 Å². The molecule has 0 bridgehead atoms. The summed E-state index contributed by atoms with van der Waals surface area (Å²) >= 11 is 0. The van der Waals surface area contributed by atoms with Crippen molar-refractivity contribution in [3.8, 4) is 0 Å². The van der Waals surface area contributed by atoms with Gasteiger partial charge in [0.2, 0.25) is 5.91 Å². The molecule has 5 saturated carbocycles. The van der Waals surface area contributed by atoms with E-state index in [1.54, 1.807) is 5.57 Å². The molecular formula is C31H38N2O. The van der Waals surface area contributed by atoms with Gasteiger partial charge in [-0.15, -0.1) is 0 Å². The smallest absolute Gasteiger partial charge is 0.226 e. The van der Waals surface area contributed by atoms with Gasteiger partial charge in [-0.25, -0.2) is 0 Å². The first-order chi connectivity index (χ1) is 16.6. The Bertz CT molecular complexity index is 1080. The fourth-order valence-electron chi connectivity index (χ4n) is 8.97. The van der Waals surface area contributed by atoms with Gasteiger partial charge in [-0.2, -0.15) is 0 Å². The number of carbonyl (C=O) groups is 1. The fourth-order valence-corrected chi connectivity index (χ4v) is 8.97. The van der Waals surface area contributed by atoms with E-state index in [1.807, 2.05) is 7.05 Å². The highest BCUT2D eigenvalue weighted by molar-refractivity contribution is 5.90. The van der Waals surface area contributed by atoms with Crippen LogP contribution in [0.1, 0.15) is 62.5 Å². The lowest BCUT2D eigenvalue weighted by Crippen LogP contribution is -2.94. The van der Waals surface area contributed by atoms with Crippen LogP contribution in [0.15, 0.2) is 72.3 Å². The third-order valence-electron chi connectivity index (χ3n) is 10.3. The van der Waals surface area contributed by atoms with Gasteiger partial charge < -0.3 is 11.1 Å². The Balaban J connectivity index is 0.000000269. The molecule has 5 aliphatic rings. The summed E-state index contributed by atoms with van der Waals surface area (Å²) in [7, 11) is 1.81. The van der Waals surface area contributed by atoms with E-state index in [4.69, 9.17) is 5.73 Å². The van der Waals surface area contributed by atoms with Gasteiger partial charge in [-0.3, -0.25) is 4.79 Å². The molecule has 34 heavy (non-hydrogen) atoms. The topological polar surface area (TPSA) is 55.1 Å². The van der Waals surface area contributed by atoms with Crippen LogP contribution in [-0.2, 0) is 16.6 Å². The van der Waals surface area contributed by atoms with E-state index in [2.05, 4.69) is 72.1 Å². The zero-order chi connectivity index (χ0) is 23.4. The van der Waals surface area contributed by atoms with Crippen LogP contribution in [0.5, 0.6) is 0 Å². The standard InChI is InChI=1S/C25H25NO.C6H13N/c1-26-22(27)24-15-21-19(13-12-17-8-4-2-5-9-17)20-14-23(16-24,25(20,21)24)18-10-6-3-7-11-18;7-6-4-2-1-3-5-6/h2-11,13,20-21H,12,14-16H2,1H3,(H,26,27);6H,1-5,7H2/b19-13+;. The number of hydrogen-bond acceptors (Lipinski definition) is 2. The van der Waals surface area contributed by atoms with E-state index in [0.29, 0.717) is 17.9 Å². The van der Waals surface area contributed by atoms with Crippen LogP contribution in [0.25, 0.3) is 0 Å². The Hall–Kier alpha value is -2.39. The first-order valence-electron chi connectivity index (χ1n) is 13.4. The predicted octanol–water partition coefficient (Wildman–Crippen LogP) is 5.55. The van der Waals surface area contributed by atoms with Crippen molar-refractivity contribution in [1.82, 2.24) is 5.32 Å². The largest absolute Gasteiger partial charge is 0.359 e. The molecule has 2 aromatic carbocycles. The van der Waals surface area contributed by atoms with Crippen molar-refractivity contribution in [1.29, 1.82) is 0 Å². The second-order valence-electron chi connectivity index (χ2n) is 11.5. The number of benzene rings is 2. The lowest BCUT2D eigenvalue weighted by molar-refractivity contribution is -0.396. The Morgan fingerprint density at radius 3 is 2.21 bits per heavy atom. The molecule has 3 N–H and O–H groups in total. The highest BCUT2D eigenvalue weighted by Crippen LogP contribution is 2.98. The average molecular weight is 455 g/mol. The highest BCUT2D eigenvalue weighted by Gasteiger charge is 2.97. The zero-order valence-electron chi connectivity index (χ0n) is 20.4. The summed E-state index contributed by atoms with van der Waals surface area (Å²) in [6.45, 7) is 0. The van der Waals surface area contributed by atoms with Crippen molar-refractivity contribution in [3.05, 3.63) is 83.4 Å². The SMILES string of the molecule is CNC(=O)C12CC3/C(=C/Cc4ccccc4)C4CC(c5ccccc5)(C1)C342.NC1CCCCC1. The molecule has 7 rings (SSSR count). The molecule has 3 nitrogen and oxygen atoms in total. The number of nitrogens with two attached hydrogens (primary N) is 1. The summed E-state index contributed by atoms with van der Waals surface area (Å²) in [5, 5.41) is 2.99. The number of nitrogens with one attached hydrogen (secondary N) is 1. The molecule has 0 aromatic heterocycles. The van der Waals surface area contributed by atoms with Gasteiger partial charge in [-0.05, 0) is 61.5 Å². The van der Waals surface area contributed by atoms with Crippen LogP contribution in [0, 0.1) is 22.7 Å². The van der Waals surface area contributed by atoms with Crippen LogP contribution in [0.3, 0.4) is 0 Å². The quantitative estimate of drug-likeness (QED) is 0.595. The van der Waals surface area contributed by atoms with Crippen molar-refractivity contribution in [2.75, 3.05) is 7.05 Å². The van der Waals surface area contributed by atoms with Crippen molar-refractivity contribution in [2.24, 2.45) is 28.4 Å². The molecule has 0 aliphatic heterocycles. The van der Waals surface area contributed by atoms with Gasteiger partial charge in [0.05, 0.1) is 5.41 Å². The number of hydrogen-bond donors (Lipinski definition) is 2. The number of amides is 1. The maximum atomic E-state index is 12.9. The number of carbonyl (C=O) groups excluding carboxylic acids is 1. The minimum Gasteiger partial charge on any atom is -0.359 e. The lowest BCUT2D eigenvalue weighted by atomic mass is 9.06. The Morgan fingerprint density at radius 2 is 1.62 bits per heavy atom. The summed E-state index contributed by atoms with van der Waals surface area (Å²) in [6.07, 6.45) is 13.5. The molecule has 1 amide bonds. The molecule has 5 aliphatic carbocycles. The van der Waals surface area contributed by atoms with Crippen molar-refractivity contribution < 1.29 is 4.79 Å². The first kappa shape index (κ1) is 22.1. The third kappa shape index (κ3) is 2.71. The minimum atomic E-state index is -0.102. The maximum Gasteiger partial charge on any atom is 0.226 e. The van der Waals surface area contributed by atoms with Gasteiger partial charge in [0.1, 0.15) is 0 Å². The predicted molar refractivity (Wildman–Crippen MR) is 137 cm³/mol. The van der Waals surface area contributed by atoms with Gasteiger partial charge in [0, 0.05) is 23.9 Å². The van der Waals surface area contributed by atoms with Gasteiger partial charge >= 0.3 is 0 Å². The minimum absolute atomic E-state index is 0.102. The van der Waals surface area contributed by atoms with E-state index in [9.17, 15) is 4.79 Å². The Kier molecular flexibility index (Phi) is 5.26. The molecule has 5 fully saturated rings. The highest BCUT2D eigenvalue weighted by atomic mass is 16.2. The average Bonchev–Trinajstić information content (AvgIpc) is 2.84. The van der Waals surface area contributed by atoms with Crippen LogP contribution >= 0.6 is 0 Å². The summed E-state index contributed by atoms with van der Waals surface area (Å²) < 4.78 is 0. The molecule has 2 aromatic rings. The first-order valence-corrected chi connectivity index (χ1v) is 13.4. The Labute approximate surface area is 204 Å². The number of rotatable bonds is 4. The van der Waals surface area contributed by atoms with Crippen molar-refractivity contribution in [2.45, 2.75) is 69.2 Å². The van der Waals surface area contributed by atoms with Gasteiger partial charge in [-0.1, -0.05) is 91.6 Å². The lowest BCUT2D eigenvalue weighted by Gasteiger charge is -2.95. The molecule has 1 spiro atoms. The van der Waals surface area contributed by atoms with Crippen molar-refractivity contribution in [3.63, 3.8) is 0 Å². The third-order valence-corrected chi connectivity index (χ3v) is 10.3. The molecule has 0 radical (unpaired) electrons. The van der Waals surface area contributed by atoms with E-state index in [-0.39, 0.29) is 22.2 Å². The van der Waals surface area contributed by atoms with Crippen LogP contribution in [-0.4, -0.2) is 19.0 Å². The molecule has 3 heteroatoms. The van der Waals surface area contributed by atoms with Crippen LogP contribution in [0.4, 0.5) is 0 Å². The molecule has 0 heterocycles. The second-order valence-corrected chi connectivity index (χ2v) is 11.5. The fraction of sp³-hybridized carbons (Fsp3) is 0.516. The Morgan fingerprint density at radius 1 is 0.971 bits per heavy atom. The van der Waals surface area contributed by atoms with E-state index in [0.717, 1.165) is 19.3 Å². The maximum absolute atomic E-state index is 12.9. The molecule has 5 atom stereocenters. The van der Waals surface area contributed by atoms with Crippen LogP contribution < -0.4 is 11.1 Å². The summed E-state index contributed by atoms with van der Waals surface area (Å²) in [4.78, 5) is 12.9.